The molecule has 0 spiro atoms. The minimum absolute atomic E-state index is 0.0870. The summed E-state index contributed by atoms with van der Waals surface area (Å²) in [4.78, 5) is 52.9. The van der Waals surface area contributed by atoms with Crippen molar-refractivity contribution < 1.29 is 18.4 Å². The second kappa shape index (κ2) is 11.2. The van der Waals surface area contributed by atoms with Crippen molar-refractivity contribution in [3.63, 3.8) is 0 Å². The highest BCUT2D eigenvalue weighted by Gasteiger charge is 2.23. The van der Waals surface area contributed by atoms with Gasteiger partial charge in [-0.05, 0) is 36.4 Å². The van der Waals surface area contributed by atoms with Gasteiger partial charge in [0.05, 0.1) is 34.9 Å². The molecule has 1 N–H and O–H groups in total. The van der Waals surface area contributed by atoms with Crippen LogP contribution in [-0.4, -0.2) is 41.0 Å². The average Bonchev–Trinajstić information content (AvgIpc) is 3.81. The number of nitrogens with zero attached hydrogens (tertiary/aromatic N) is 6. The van der Waals surface area contributed by atoms with Gasteiger partial charge in [-0.1, -0.05) is 11.6 Å². The fraction of sp³-hybridized carbons (Fsp3) is 0.0741. The van der Waals surface area contributed by atoms with Crippen LogP contribution in [0.4, 0.5) is 5.82 Å². The van der Waals surface area contributed by atoms with Gasteiger partial charge in [-0.2, -0.15) is 9.78 Å². The molecule has 6 aromatic heterocycles. The van der Waals surface area contributed by atoms with Crippen LogP contribution in [-0.2, 0) is 13.1 Å². The van der Waals surface area contributed by atoms with Crippen LogP contribution in [0.25, 0.3) is 22.5 Å². The van der Waals surface area contributed by atoms with E-state index in [-0.39, 0.29) is 29.4 Å². The molecule has 6 rings (SSSR count). The second-order valence-electron chi connectivity index (χ2n) is 8.58. The Labute approximate surface area is 239 Å². The van der Waals surface area contributed by atoms with Gasteiger partial charge in [0.1, 0.15) is 29.7 Å². The standard InChI is InChI=1S/C27H18ClN7O5S/c28-23-4-1-17(41-23)12-31-24-11-19(33-35(24)27(38)25-30-9-10-40-25)18-2-3-21(16-5-7-29-8-6-16)34(26(18)37)13-22(36)20-14-39-15-32-20/h1-11,14-15,31H,12-13H2. The molecule has 0 saturated heterocycles. The number of oxazole rings is 2. The quantitative estimate of drug-likeness (QED) is 0.237. The number of anilines is 1. The summed E-state index contributed by atoms with van der Waals surface area (Å²) >= 11 is 7.44. The van der Waals surface area contributed by atoms with E-state index in [4.69, 9.17) is 20.4 Å². The number of rotatable bonds is 9. The molecule has 0 bridgehead atoms. The second-order valence-corrected chi connectivity index (χ2v) is 10.4. The lowest BCUT2D eigenvalue weighted by molar-refractivity contribution is 0.0912. The molecule has 0 aromatic carbocycles. The Morgan fingerprint density at radius 1 is 1.05 bits per heavy atom. The number of hydrogen-bond donors (Lipinski definition) is 1. The molecule has 0 unspecified atom stereocenters. The van der Waals surface area contributed by atoms with Crippen LogP contribution in [0.3, 0.4) is 0 Å². The minimum Gasteiger partial charge on any atom is -0.451 e. The Balaban J connectivity index is 1.43. The van der Waals surface area contributed by atoms with Gasteiger partial charge in [-0.25, -0.2) is 9.97 Å². The molecule has 6 aromatic rings. The van der Waals surface area contributed by atoms with Crippen molar-refractivity contribution in [1.82, 2.24) is 29.3 Å². The lowest BCUT2D eigenvalue weighted by Crippen LogP contribution is -2.27. The van der Waals surface area contributed by atoms with E-state index in [1.807, 2.05) is 6.07 Å². The summed E-state index contributed by atoms with van der Waals surface area (Å²) < 4.78 is 13.2. The Hall–Kier alpha value is -5.14. The number of nitrogens with one attached hydrogen (secondary N) is 1. The van der Waals surface area contributed by atoms with Gasteiger partial charge in [0.25, 0.3) is 11.4 Å². The predicted octanol–water partition coefficient (Wildman–Crippen LogP) is 4.65. The van der Waals surface area contributed by atoms with Crippen molar-refractivity contribution in [3.05, 3.63) is 111 Å². The summed E-state index contributed by atoms with van der Waals surface area (Å²) in [5.74, 6) is -0.932. The van der Waals surface area contributed by atoms with E-state index in [9.17, 15) is 14.4 Å². The monoisotopic (exact) mass is 587 g/mol. The molecule has 0 aliphatic rings. The van der Waals surface area contributed by atoms with Crippen LogP contribution in [0.1, 0.15) is 26.1 Å². The predicted molar refractivity (Wildman–Crippen MR) is 149 cm³/mol. The van der Waals surface area contributed by atoms with E-state index < -0.39 is 17.2 Å². The van der Waals surface area contributed by atoms with Crippen molar-refractivity contribution in [2.75, 3.05) is 5.32 Å². The normalized spacial score (nSPS) is 11.0. The molecule has 0 radical (unpaired) electrons. The molecular formula is C27H18ClN7O5S. The SMILES string of the molecule is O=C(Cn1c(-c2ccncc2)ccc(-c2cc(NCc3ccc(Cl)s3)n(C(=O)c3ncco3)n2)c1=O)c1cocn1. The molecule has 41 heavy (non-hydrogen) atoms. The Bertz CT molecular complexity index is 1890. The molecule has 0 amide bonds. The third kappa shape index (κ3) is 5.35. The number of thiophene rings is 1. The highest BCUT2D eigenvalue weighted by molar-refractivity contribution is 7.16. The van der Waals surface area contributed by atoms with Crippen molar-refractivity contribution in [3.8, 4) is 22.5 Å². The molecule has 14 heteroatoms. The van der Waals surface area contributed by atoms with Crippen molar-refractivity contribution in [2.24, 2.45) is 0 Å². The van der Waals surface area contributed by atoms with Crippen LogP contribution in [0, 0.1) is 0 Å². The van der Waals surface area contributed by atoms with E-state index in [0.29, 0.717) is 28.0 Å². The first-order valence-electron chi connectivity index (χ1n) is 12.1. The van der Waals surface area contributed by atoms with Crippen LogP contribution in [0.5, 0.6) is 0 Å². The summed E-state index contributed by atoms with van der Waals surface area (Å²) in [5, 5.41) is 7.60. The zero-order valence-electron chi connectivity index (χ0n) is 20.9. The Kier molecular flexibility index (Phi) is 7.10. The first-order valence-corrected chi connectivity index (χ1v) is 13.3. The van der Waals surface area contributed by atoms with Gasteiger partial charge in [-0.3, -0.25) is 23.9 Å². The Morgan fingerprint density at radius 2 is 1.90 bits per heavy atom. The number of halogens is 1. The van der Waals surface area contributed by atoms with Crippen LogP contribution in [0.2, 0.25) is 4.34 Å². The number of carbonyl (C=O) groups is 2. The molecular weight excluding hydrogens is 570 g/mol. The zero-order chi connectivity index (χ0) is 28.3. The number of carbonyl (C=O) groups excluding carboxylic acids is 2. The van der Waals surface area contributed by atoms with Crippen molar-refractivity contribution >= 4 is 40.4 Å². The van der Waals surface area contributed by atoms with E-state index >= 15 is 0 Å². The van der Waals surface area contributed by atoms with Gasteiger partial charge < -0.3 is 14.2 Å². The molecule has 12 nitrogen and oxygen atoms in total. The van der Waals surface area contributed by atoms with E-state index in [1.165, 1.54) is 34.6 Å². The minimum atomic E-state index is -0.636. The molecule has 0 fully saturated rings. The van der Waals surface area contributed by atoms with E-state index in [2.05, 4.69) is 25.4 Å². The van der Waals surface area contributed by atoms with Crippen LogP contribution in [0.15, 0.2) is 93.6 Å². The Morgan fingerprint density at radius 3 is 2.61 bits per heavy atom. The first-order chi connectivity index (χ1) is 20.0. The average molecular weight is 588 g/mol. The molecule has 204 valence electrons. The molecule has 0 aliphatic heterocycles. The fourth-order valence-electron chi connectivity index (χ4n) is 4.12. The summed E-state index contributed by atoms with van der Waals surface area (Å²) in [7, 11) is 0. The number of hydrogen-bond acceptors (Lipinski definition) is 11. The third-order valence-electron chi connectivity index (χ3n) is 6.04. The van der Waals surface area contributed by atoms with Gasteiger partial charge >= 0.3 is 5.91 Å². The molecule has 0 aliphatic carbocycles. The lowest BCUT2D eigenvalue weighted by atomic mass is 10.1. The zero-order valence-corrected chi connectivity index (χ0v) is 22.5. The molecule has 0 atom stereocenters. The number of ketones is 1. The van der Waals surface area contributed by atoms with E-state index in [0.717, 1.165) is 16.0 Å². The van der Waals surface area contributed by atoms with Crippen LogP contribution >= 0.6 is 22.9 Å². The van der Waals surface area contributed by atoms with Gasteiger partial charge in [0.15, 0.2) is 6.39 Å². The summed E-state index contributed by atoms with van der Waals surface area (Å²) in [6.07, 6.45) is 8.17. The number of aromatic nitrogens is 6. The number of Topliss-reactive ketones (excluding diaryl/α,β-unsaturated/α-hetero) is 1. The fourth-order valence-corrected chi connectivity index (χ4v) is 5.14. The highest BCUT2D eigenvalue weighted by Crippen LogP contribution is 2.26. The van der Waals surface area contributed by atoms with Crippen molar-refractivity contribution in [2.45, 2.75) is 13.1 Å². The smallest absolute Gasteiger partial charge is 0.335 e. The maximum atomic E-state index is 13.9. The largest absolute Gasteiger partial charge is 0.451 e. The topological polar surface area (TPSA) is 151 Å². The number of pyridine rings is 2. The van der Waals surface area contributed by atoms with Gasteiger partial charge in [0, 0.05) is 28.9 Å². The highest BCUT2D eigenvalue weighted by atomic mass is 35.5. The van der Waals surface area contributed by atoms with Gasteiger partial charge in [0.2, 0.25) is 5.78 Å². The van der Waals surface area contributed by atoms with E-state index in [1.54, 1.807) is 48.8 Å². The maximum Gasteiger partial charge on any atom is 0.335 e. The summed E-state index contributed by atoms with van der Waals surface area (Å²) in [6.45, 7) is 0.0376. The lowest BCUT2D eigenvalue weighted by Gasteiger charge is -2.13. The summed E-state index contributed by atoms with van der Waals surface area (Å²) in [6, 6.07) is 12.0. The third-order valence-corrected chi connectivity index (χ3v) is 7.27. The molecule has 0 saturated carbocycles. The summed E-state index contributed by atoms with van der Waals surface area (Å²) in [5.41, 5.74) is 1.12. The van der Waals surface area contributed by atoms with Crippen molar-refractivity contribution in [1.29, 1.82) is 0 Å². The van der Waals surface area contributed by atoms with Gasteiger partial charge in [-0.15, -0.1) is 11.3 Å². The molecule has 6 heterocycles. The maximum absolute atomic E-state index is 13.9. The first kappa shape index (κ1) is 26.1. The van der Waals surface area contributed by atoms with Crippen LogP contribution < -0.4 is 10.9 Å².